The fourth-order valence-electron chi connectivity index (χ4n) is 2.50. The molecular formula is C13H19BrN2O2S. The third-order valence-electron chi connectivity index (χ3n) is 3.60. The van der Waals surface area contributed by atoms with Crippen molar-refractivity contribution in [2.24, 2.45) is 0 Å². The first-order valence-corrected chi connectivity index (χ1v) is 9.29. The van der Waals surface area contributed by atoms with Gasteiger partial charge in [-0.1, -0.05) is 28.8 Å². The molecule has 1 saturated carbocycles. The molecule has 1 fully saturated rings. The van der Waals surface area contributed by atoms with Gasteiger partial charge in [-0.15, -0.1) is 0 Å². The Kier molecular flexibility index (Phi) is 4.97. The van der Waals surface area contributed by atoms with Crippen LogP contribution < -0.4 is 4.72 Å². The van der Waals surface area contributed by atoms with Crippen LogP contribution in [-0.2, 0) is 16.4 Å². The molecule has 106 valence electrons. The van der Waals surface area contributed by atoms with Gasteiger partial charge in [0.2, 0.25) is 10.0 Å². The minimum absolute atomic E-state index is 0.131. The van der Waals surface area contributed by atoms with Gasteiger partial charge in [0, 0.05) is 23.3 Å². The van der Waals surface area contributed by atoms with E-state index in [1.807, 2.05) is 12.1 Å². The van der Waals surface area contributed by atoms with Crippen LogP contribution in [0.3, 0.4) is 0 Å². The van der Waals surface area contributed by atoms with Crippen LogP contribution in [0.5, 0.6) is 0 Å². The normalized spacial score (nSPS) is 18.6. The van der Waals surface area contributed by atoms with Crippen LogP contribution in [0.25, 0.3) is 0 Å². The topological polar surface area (TPSA) is 59.1 Å². The summed E-state index contributed by atoms with van der Waals surface area (Å²) in [5.74, 6) is 0.131. The van der Waals surface area contributed by atoms with E-state index in [1.165, 1.54) is 0 Å². The van der Waals surface area contributed by atoms with Gasteiger partial charge in [-0.25, -0.2) is 13.1 Å². The van der Waals surface area contributed by atoms with E-state index in [2.05, 4.69) is 25.6 Å². The fraction of sp³-hybridized carbons (Fsp3) is 0.615. The molecule has 2 rings (SSSR count). The van der Waals surface area contributed by atoms with E-state index in [-0.39, 0.29) is 11.3 Å². The molecule has 1 aromatic heterocycles. The Labute approximate surface area is 123 Å². The maximum Gasteiger partial charge on any atom is 0.212 e. The maximum atomic E-state index is 12.2. The number of nitrogens with zero attached hydrogens (tertiary/aromatic N) is 1. The van der Waals surface area contributed by atoms with Gasteiger partial charge in [-0.2, -0.15) is 0 Å². The molecule has 1 aliphatic rings. The molecule has 0 aliphatic heterocycles. The van der Waals surface area contributed by atoms with Gasteiger partial charge >= 0.3 is 0 Å². The van der Waals surface area contributed by atoms with Crippen LogP contribution in [0.4, 0.5) is 0 Å². The van der Waals surface area contributed by atoms with E-state index in [4.69, 9.17) is 0 Å². The second kappa shape index (κ2) is 6.33. The summed E-state index contributed by atoms with van der Waals surface area (Å²) in [6, 6.07) is 3.71. The minimum atomic E-state index is -3.23. The Bertz CT molecular complexity index is 499. The summed E-state index contributed by atoms with van der Waals surface area (Å²) in [5.41, 5.74) is 0.733. The van der Waals surface area contributed by atoms with Crippen molar-refractivity contribution in [1.82, 2.24) is 9.71 Å². The largest absolute Gasteiger partial charge is 0.265 e. The summed E-state index contributed by atoms with van der Waals surface area (Å²) in [6.07, 6.45) is 7.94. The van der Waals surface area contributed by atoms with Crippen molar-refractivity contribution < 1.29 is 8.42 Å². The van der Waals surface area contributed by atoms with Gasteiger partial charge in [0.25, 0.3) is 0 Å². The monoisotopic (exact) mass is 346 g/mol. The predicted molar refractivity (Wildman–Crippen MR) is 79.9 cm³/mol. The third kappa shape index (κ3) is 4.26. The highest BCUT2D eigenvalue weighted by molar-refractivity contribution is 9.09. The smallest absolute Gasteiger partial charge is 0.212 e. The number of aromatic nitrogens is 1. The average Bonchev–Trinajstić information content (AvgIpc) is 2.86. The summed E-state index contributed by atoms with van der Waals surface area (Å²) in [5, 5.41) is 0.689. The molecule has 0 atom stereocenters. The number of alkyl halides is 1. The van der Waals surface area contributed by atoms with Crippen LogP contribution in [0.2, 0.25) is 0 Å². The Balaban J connectivity index is 1.95. The lowest BCUT2D eigenvalue weighted by molar-refractivity contribution is 0.438. The fourth-order valence-corrected chi connectivity index (χ4v) is 4.93. The van der Waals surface area contributed by atoms with E-state index in [0.717, 1.165) is 31.2 Å². The summed E-state index contributed by atoms with van der Waals surface area (Å²) < 4.78 is 27.3. The molecule has 1 heterocycles. The summed E-state index contributed by atoms with van der Waals surface area (Å²) in [7, 11) is -3.23. The molecule has 0 radical (unpaired) electrons. The molecule has 1 aliphatic carbocycles. The van der Waals surface area contributed by atoms with Crippen molar-refractivity contribution in [2.45, 2.75) is 37.6 Å². The van der Waals surface area contributed by atoms with Crippen LogP contribution in [0, 0.1) is 0 Å². The lowest BCUT2D eigenvalue weighted by Crippen LogP contribution is -2.48. The Morgan fingerprint density at radius 1 is 1.26 bits per heavy atom. The summed E-state index contributed by atoms with van der Waals surface area (Å²) >= 11 is 3.45. The van der Waals surface area contributed by atoms with Crippen molar-refractivity contribution in [2.75, 3.05) is 11.1 Å². The molecule has 1 N–H and O–H groups in total. The van der Waals surface area contributed by atoms with Crippen LogP contribution in [0.15, 0.2) is 24.5 Å². The lowest BCUT2D eigenvalue weighted by atomic mass is 10.0. The first kappa shape index (κ1) is 14.9. The summed E-state index contributed by atoms with van der Waals surface area (Å²) in [4.78, 5) is 3.93. The van der Waals surface area contributed by atoms with E-state index in [0.29, 0.717) is 11.8 Å². The Morgan fingerprint density at radius 3 is 2.47 bits per heavy atom. The highest BCUT2D eigenvalue weighted by Crippen LogP contribution is 2.31. The van der Waals surface area contributed by atoms with Crippen LogP contribution in [0.1, 0.15) is 31.2 Å². The van der Waals surface area contributed by atoms with E-state index < -0.39 is 10.0 Å². The number of aryl methyl sites for hydroxylation is 1. The first-order chi connectivity index (χ1) is 9.05. The molecule has 0 unspecified atom stereocenters. The van der Waals surface area contributed by atoms with Crippen molar-refractivity contribution >= 4 is 26.0 Å². The molecule has 19 heavy (non-hydrogen) atoms. The van der Waals surface area contributed by atoms with Crippen molar-refractivity contribution in [3.05, 3.63) is 30.1 Å². The van der Waals surface area contributed by atoms with E-state index in [9.17, 15) is 8.42 Å². The Morgan fingerprint density at radius 2 is 1.89 bits per heavy atom. The van der Waals surface area contributed by atoms with E-state index >= 15 is 0 Å². The number of rotatable bonds is 6. The van der Waals surface area contributed by atoms with E-state index in [1.54, 1.807) is 12.4 Å². The molecule has 4 nitrogen and oxygen atoms in total. The SMILES string of the molecule is O=S(=O)(CCc1ccncc1)NC1(CBr)CCCC1. The molecule has 0 aromatic carbocycles. The quantitative estimate of drug-likeness (QED) is 0.803. The number of pyridine rings is 1. The average molecular weight is 347 g/mol. The summed E-state index contributed by atoms with van der Waals surface area (Å²) in [6.45, 7) is 0. The van der Waals surface area contributed by atoms with Gasteiger partial charge in [0.05, 0.1) is 5.75 Å². The zero-order valence-corrected chi connectivity index (χ0v) is 13.2. The highest BCUT2D eigenvalue weighted by atomic mass is 79.9. The number of nitrogens with one attached hydrogen (secondary N) is 1. The number of sulfonamides is 1. The van der Waals surface area contributed by atoms with Crippen molar-refractivity contribution in [3.8, 4) is 0 Å². The standard InChI is InChI=1S/C13H19BrN2O2S/c14-11-13(6-1-2-7-13)16-19(17,18)10-5-12-3-8-15-9-4-12/h3-4,8-9,16H,1-2,5-7,10-11H2. The van der Waals surface area contributed by atoms with Crippen molar-refractivity contribution in [1.29, 1.82) is 0 Å². The van der Waals surface area contributed by atoms with Gasteiger partial charge in [-0.3, -0.25) is 4.98 Å². The van der Waals surface area contributed by atoms with Gasteiger partial charge in [-0.05, 0) is 37.0 Å². The second-order valence-electron chi connectivity index (χ2n) is 5.15. The molecule has 0 amide bonds. The second-order valence-corrected chi connectivity index (χ2v) is 7.55. The highest BCUT2D eigenvalue weighted by Gasteiger charge is 2.36. The predicted octanol–water partition coefficient (Wildman–Crippen LogP) is 2.25. The molecule has 0 spiro atoms. The zero-order valence-electron chi connectivity index (χ0n) is 10.8. The van der Waals surface area contributed by atoms with Gasteiger partial charge in [0.15, 0.2) is 0 Å². The lowest BCUT2D eigenvalue weighted by Gasteiger charge is -2.27. The maximum absolute atomic E-state index is 12.2. The number of hydrogen-bond donors (Lipinski definition) is 1. The van der Waals surface area contributed by atoms with Crippen molar-refractivity contribution in [3.63, 3.8) is 0 Å². The Hall–Kier alpha value is -0.460. The molecule has 1 aromatic rings. The number of hydrogen-bond acceptors (Lipinski definition) is 3. The van der Waals surface area contributed by atoms with Gasteiger partial charge in [0.1, 0.15) is 0 Å². The zero-order chi connectivity index (χ0) is 13.8. The van der Waals surface area contributed by atoms with Crippen LogP contribution in [-0.4, -0.2) is 30.0 Å². The molecular weight excluding hydrogens is 328 g/mol. The molecule has 0 bridgehead atoms. The molecule has 6 heteroatoms. The first-order valence-electron chi connectivity index (χ1n) is 6.52. The minimum Gasteiger partial charge on any atom is -0.265 e. The molecule has 0 saturated heterocycles. The number of halogens is 1. The third-order valence-corrected chi connectivity index (χ3v) is 6.16. The van der Waals surface area contributed by atoms with Gasteiger partial charge < -0.3 is 0 Å². The van der Waals surface area contributed by atoms with Crippen LogP contribution >= 0.6 is 15.9 Å².